The summed E-state index contributed by atoms with van der Waals surface area (Å²) in [5.74, 6) is 2.46. The van der Waals surface area contributed by atoms with E-state index in [1.165, 1.54) is 11.1 Å². The number of halogens is 1. The molecule has 1 heterocycles. The van der Waals surface area contributed by atoms with Crippen molar-refractivity contribution in [3.05, 3.63) is 51.5 Å². The van der Waals surface area contributed by atoms with Gasteiger partial charge in [0.25, 0.3) is 0 Å². The number of nitrogens with zero attached hydrogens (tertiary/aromatic N) is 1. The van der Waals surface area contributed by atoms with Crippen LogP contribution in [0.15, 0.2) is 24.3 Å². The monoisotopic (exact) mass is 446 g/mol. The van der Waals surface area contributed by atoms with Crippen LogP contribution < -0.4 is 19.5 Å². The van der Waals surface area contributed by atoms with Crippen molar-refractivity contribution in [1.82, 2.24) is 10.2 Å². The van der Waals surface area contributed by atoms with Crippen LogP contribution in [0.3, 0.4) is 0 Å². The number of fused-ring (bicyclic) bond motifs is 1. The van der Waals surface area contributed by atoms with E-state index in [1.54, 1.807) is 7.11 Å². The van der Waals surface area contributed by atoms with E-state index in [0.29, 0.717) is 18.2 Å². The summed E-state index contributed by atoms with van der Waals surface area (Å²) >= 11 is 6.44. The normalized spacial score (nSPS) is 15.6. The molecule has 1 unspecified atom stereocenters. The Hall–Kier alpha value is -1.95. The molecule has 6 heteroatoms. The van der Waals surface area contributed by atoms with Crippen molar-refractivity contribution in [2.24, 2.45) is 0 Å². The van der Waals surface area contributed by atoms with Crippen molar-refractivity contribution in [3.63, 3.8) is 0 Å². The van der Waals surface area contributed by atoms with E-state index in [9.17, 15) is 0 Å². The smallest absolute Gasteiger partial charge is 0.161 e. The highest BCUT2D eigenvalue weighted by atomic mass is 35.5. The summed E-state index contributed by atoms with van der Waals surface area (Å²) < 4.78 is 17.9. The fourth-order valence-electron chi connectivity index (χ4n) is 4.25. The topological polar surface area (TPSA) is 43.0 Å². The molecule has 1 atom stereocenters. The number of likely N-dealkylation sites (N-methyl/N-ethyl adjacent to an activating group) is 1. The summed E-state index contributed by atoms with van der Waals surface area (Å²) in [7, 11) is 1.70. The minimum absolute atomic E-state index is 0.0151. The van der Waals surface area contributed by atoms with Crippen LogP contribution in [0, 0.1) is 6.92 Å². The molecule has 3 rings (SSSR count). The maximum atomic E-state index is 6.44. The molecular formula is C25H35ClN2O3. The SMILES string of the molecule is CCOc1c(C)cc(Cl)cc1C1NCCc2cc(OC)c(OCCN(CC)CC)cc21. The number of ether oxygens (including phenoxy) is 3. The molecule has 0 saturated carbocycles. The van der Waals surface area contributed by atoms with Gasteiger partial charge in [-0.15, -0.1) is 0 Å². The quantitative estimate of drug-likeness (QED) is 0.555. The Bertz CT molecular complexity index is 884. The van der Waals surface area contributed by atoms with Crippen molar-refractivity contribution in [2.75, 3.05) is 46.5 Å². The maximum Gasteiger partial charge on any atom is 0.161 e. The predicted molar refractivity (Wildman–Crippen MR) is 127 cm³/mol. The molecule has 170 valence electrons. The summed E-state index contributed by atoms with van der Waals surface area (Å²) in [4.78, 5) is 2.35. The lowest BCUT2D eigenvalue weighted by Crippen LogP contribution is -2.31. The highest BCUT2D eigenvalue weighted by Gasteiger charge is 2.27. The first kappa shape index (κ1) is 23.7. The van der Waals surface area contributed by atoms with Gasteiger partial charge in [0.15, 0.2) is 11.5 Å². The Morgan fingerprint density at radius 1 is 1.03 bits per heavy atom. The fourth-order valence-corrected chi connectivity index (χ4v) is 4.53. The molecule has 0 spiro atoms. The van der Waals surface area contributed by atoms with Crippen LogP contribution in [-0.4, -0.2) is 51.4 Å². The van der Waals surface area contributed by atoms with E-state index in [1.807, 2.05) is 26.0 Å². The first-order chi connectivity index (χ1) is 15.0. The van der Waals surface area contributed by atoms with Gasteiger partial charge in [-0.25, -0.2) is 0 Å². The van der Waals surface area contributed by atoms with Gasteiger partial charge >= 0.3 is 0 Å². The fraction of sp³-hybridized carbons (Fsp3) is 0.520. The van der Waals surface area contributed by atoms with Gasteiger partial charge in [-0.2, -0.15) is 0 Å². The number of hydrogen-bond acceptors (Lipinski definition) is 5. The minimum atomic E-state index is -0.0151. The molecule has 1 aliphatic rings. The molecule has 0 saturated heterocycles. The molecule has 2 aromatic rings. The van der Waals surface area contributed by atoms with Crippen LogP contribution in [0.25, 0.3) is 0 Å². The minimum Gasteiger partial charge on any atom is -0.493 e. The van der Waals surface area contributed by atoms with Crippen molar-refractivity contribution in [1.29, 1.82) is 0 Å². The average molecular weight is 447 g/mol. The Morgan fingerprint density at radius 2 is 1.81 bits per heavy atom. The predicted octanol–water partition coefficient (Wildman–Crippen LogP) is 5.01. The number of rotatable bonds is 10. The van der Waals surface area contributed by atoms with Gasteiger partial charge in [-0.3, -0.25) is 0 Å². The second kappa shape index (κ2) is 11.1. The average Bonchev–Trinajstić information content (AvgIpc) is 2.77. The first-order valence-electron chi connectivity index (χ1n) is 11.2. The third-order valence-electron chi connectivity index (χ3n) is 5.91. The van der Waals surface area contributed by atoms with E-state index in [2.05, 4.69) is 36.2 Å². The van der Waals surface area contributed by atoms with Gasteiger partial charge in [0.05, 0.1) is 19.8 Å². The van der Waals surface area contributed by atoms with Crippen molar-refractivity contribution in [2.45, 2.75) is 40.2 Å². The molecule has 2 aromatic carbocycles. The molecule has 1 N–H and O–H groups in total. The molecule has 1 aliphatic heterocycles. The zero-order valence-corrected chi connectivity index (χ0v) is 20.1. The Labute approximate surface area is 191 Å². The van der Waals surface area contributed by atoms with Crippen LogP contribution in [0.4, 0.5) is 0 Å². The highest BCUT2D eigenvalue weighted by Crippen LogP contribution is 2.41. The van der Waals surface area contributed by atoms with Crippen LogP contribution in [-0.2, 0) is 6.42 Å². The van der Waals surface area contributed by atoms with E-state index >= 15 is 0 Å². The molecule has 0 fully saturated rings. The number of aryl methyl sites for hydroxylation is 1. The van der Waals surface area contributed by atoms with E-state index in [-0.39, 0.29) is 6.04 Å². The standard InChI is InChI=1S/C25H35ClN2O3/c1-6-28(7-2)11-12-31-23-16-20-18(14-22(23)29-5)9-10-27-24(20)21-15-19(26)13-17(4)25(21)30-8-3/h13-16,24,27H,6-12H2,1-5H3. The maximum absolute atomic E-state index is 6.44. The van der Waals surface area contributed by atoms with Gasteiger partial charge in [0.1, 0.15) is 12.4 Å². The lowest BCUT2D eigenvalue weighted by Gasteiger charge is -2.30. The molecule has 0 bridgehead atoms. The molecule has 5 nitrogen and oxygen atoms in total. The van der Waals surface area contributed by atoms with Gasteiger partial charge in [-0.1, -0.05) is 25.4 Å². The lowest BCUT2D eigenvalue weighted by atomic mass is 9.88. The van der Waals surface area contributed by atoms with E-state index in [4.69, 9.17) is 25.8 Å². The van der Waals surface area contributed by atoms with Crippen LogP contribution in [0.2, 0.25) is 5.02 Å². The number of hydrogen-bond donors (Lipinski definition) is 1. The highest BCUT2D eigenvalue weighted by molar-refractivity contribution is 6.30. The summed E-state index contributed by atoms with van der Waals surface area (Å²) in [6.45, 7) is 13.4. The zero-order chi connectivity index (χ0) is 22.4. The van der Waals surface area contributed by atoms with Crippen LogP contribution in [0.5, 0.6) is 17.2 Å². The largest absolute Gasteiger partial charge is 0.493 e. The van der Waals surface area contributed by atoms with E-state index < -0.39 is 0 Å². The number of benzene rings is 2. The lowest BCUT2D eigenvalue weighted by molar-refractivity contribution is 0.217. The zero-order valence-electron chi connectivity index (χ0n) is 19.4. The summed E-state index contributed by atoms with van der Waals surface area (Å²) in [5.41, 5.74) is 4.55. The molecule has 31 heavy (non-hydrogen) atoms. The van der Waals surface area contributed by atoms with E-state index in [0.717, 1.165) is 61.0 Å². The number of nitrogens with one attached hydrogen (secondary N) is 1. The van der Waals surface area contributed by atoms with Crippen molar-refractivity contribution >= 4 is 11.6 Å². The molecule has 0 aromatic heterocycles. The van der Waals surface area contributed by atoms with Crippen molar-refractivity contribution < 1.29 is 14.2 Å². The third-order valence-corrected chi connectivity index (χ3v) is 6.12. The second-order valence-corrected chi connectivity index (χ2v) is 8.22. The van der Waals surface area contributed by atoms with Crippen LogP contribution in [0.1, 0.15) is 49.1 Å². The Balaban J connectivity index is 1.97. The van der Waals surface area contributed by atoms with Gasteiger partial charge in [0, 0.05) is 23.7 Å². The Kier molecular flexibility index (Phi) is 8.47. The second-order valence-electron chi connectivity index (χ2n) is 7.79. The van der Waals surface area contributed by atoms with Gasteiger partial charge in [0.2, 0.25) is 0 Å². The summed E-state index contributed by atoms with van der Waals surface area (Å²) in [6.07, 6.45) is 0.936. The molecule has 0 aliphatic carbocycles. The molecule has 0 radical (unpaired) electrons. The van der Waals surface area contributed by atoms with Crippen molar-refractivity contribution in [3.8, 4) is 17.2 Å². The summed E-state index contributed by atoms with van der Waals surface area (Å²) in [5, 5.41) is 4.38. The first-order valence-corrected chi connectivity index (χ1v) is 11.6. The third kappa shape index (κ3) is 5.46. The Morgan fingerprint density at radius 3 is 2.48 bits per heavy atom. The molecular weight excluding hydrogens is 412 g/mol. The summed E-state index contributed by atoms with van der Waals surface area (Å²) in [6, 6.07) is 8.19. The number of methoxy groups -OCH3 is 1. The molecule has 0 amide bonds. The van der Waals surface area contributed by atoms with Gasteiger partial charge < -0.3 is 24.4 Å². The van der Waals surface area contributed by atoms with Gasteiger partial charge in [-0.05, 0) is 74.3 Å². The van der Waals surface area contributed by atoms with Crippen LogP contribution >= 0.6 is 11.6 Å².